The zero-order valence-electron chi connectivity index (χ0n) is 13.0. The molecule has 20 heavy (non-hydrogen) atoms. The number of aliphatic hydroxyl groups excluding tert-OH is 1. The Kier molecular flexibility index (Phi) is 7.03. The molecule has 0 saturated carbocycles. The van der Waals surface area contributed by atoms with Crippen molar-refractivity contribution in [1.82, 2.24) is 0 Å². The number of hydrogen-bond acceptors (Lipinski definition) is 1. The van der Waals surface area contributed by atoms with E-state index in [1.54, 1.807) is 0 Å². The van der Waals surface area contributed by atoms with Gasteiger partial charge in [-0.25, -0.2) is 0 Å². The van der Waals surface area contributed by atoms with Crippen molar-refractivity contribution in [3.05, 3.63) is 71.3 Å². The van der Waals surface area contributed by atoms with E-state index in [1.165, 1.54) is 11.1 Å². The average Bonchev–Trinajstić information content (AvgIpc) is 2.48. The first-order valence-corrected chi connectivity index (χ1v) is 7.29. The van der Waals surface area contributed by atoms with Crippen LogP contribution in [0.5, 0.6) is 0 Å². The number of rotatable bonds is 3. The van der Waals surface area contributed by atoms with Crippen molar-refractivity contribution < 1.29 is 5.11 Å². The van der Waals surface area contributed by atoms with Crippen LogP contribution in [0.1, 0.15) is 56.2 Å². The maximum Gasteiger partial charge on any atom is 0.0681 e. The van der Waals surface area contributed by atoms with Gasteiger partial charge in [-0.15, -0.1) is 0 Å². The third-order valence-corrected chi connectivity index (χ3v) is 3.27. The van der Waals surface area contributed by atoms with E-state index >= 15 is 0 Å². The van der Waals surface area contributed by atoms with Gasteiger partial charge in [-0.3, -0.25) is 0 Å². The molecule has 2 rings (SSSR count). The van der Waals surface area contributed by atoms with Crippen LogP contribution in [0.3, 0.4) is 0 Å². The SMILES string of the molecule is CC(C)c1ccccc1C(C)C.OCc1ccccc1. The molecule has 1 nitrogen and oxygen atoms in total. The molecular weight excluding hydrogens is 244 g/mol. The Morgan fingerprint density at radius 3 is 1.40 bits per heavy atom. The van der Waals surface area contributed by atoms with Crippen LogP contribution in [-0.2, 0) is 6.61 Å². The van der Waals surface area contributed by atoms with Gasteiger partial charge in [0.2, 0.25) is 0 Å². The van der Waals surface area contributed by atoms with Gasteiger partial charge < -0.3 is 5.11 Å². The van der Waals surface area contributed by atoms with Gasteiger partial charge in [0.25, 0.3) is 0 Å². The summed E-state index contributed by atoms with van der Waals surface area (Å²) in [5, 5.41) is 8.54. The van der Waals surface area contributed by atoms with Crippen LogP contribution in [0.15, 0.2) is 54.6 Å². The molecule has 0 radical (unpaired) electrons. The lowest BCUT2D eigenvalue weighted by Gasteiger charge is -2.14. The summed E-state index contributed by atoms with van der Waals surface area (Å²) in [5.41, 5.74) is 3.95. The van der Waals surface area contributed by atoms with Crippen molar-refractivity contribution in [2.45, 2.75) is 46.1 Å². The predicted molar refractivity (Wildman–Crippen MR) is 87.0 cm³/mol. The molecule has 2 aromatic carbocycles. The Bertz CT molecular complexity index is 459. The Morgan fingerprint density at radius 2 is 1.10 bits per heavy atom. The van der Waals surface area contributed by atoms with Gasteiger partial charge in [0, 0.05) is 0 Å². The minimum atomic E-state index is 0.140. The second-order valence-corrected chi connectivity index (χ2v) is 5.58. The molecule has 0 aliphatic rings. The van der Waals surface area contributed by atoms with Crippen LogP contribution >= 0.6 is 0 Å². The van der Waals surface area contributed by atoms with Crippen LogP contribution in [-0.4, -0.2) is 5.11 Å². The monoisotopic (exact) mass is 270 g/mol. The summed E-state index contributed by atoms with van der Waals surface area (Å²) in [6, 6.07) is 18.2. The minimum absolute atomic E-state index is 0.140. The highest BCUT2D eigenvalue weighted by Crippen LogP contribution is 2.25. The normalized spacial score (nSPS) is 10.3. The fraction of sp³-hybridized carbons (Fsp3) is 0.368. The Balaban J connectivity index is 0.000000217. The lowest BCUT2D eigenvalue weighted by molar-refractivity contribution is 0.282. The zero-order chi connectivity index (χ0) is 15.0. The fourth-order valence-electron chi connectivity index (χ4n) is 2.15. The van der Waals surface area contributed by atoms with Crippen molar-refractivity contribution in [3.63, 3.8) is 0 Å². The standard InChI is InChI=1S/C12H18.C7H8O/c1-9(2)11-7-5-6-8-12(11)10(3)4;8-6-7-4-2-1-3-5-7/h5-10H,1-4H3;1-5,8H,6H2. The molecule has 108 valence electrons. The minimum Gasteiger partial charge on any atom is -0.392 e. The summed E-state index contributed by atoms with van der Waals surface area (Å²) in [6.07, 6.45) is 0. The highest BCUT2D eigenvalue weighted by atomic mass is 16.3. The van der Waals surface area contributed by atoms with Gasteiger partial charge in [-0.05, 0) is 28.5 Å². The van der Waals surface area contributed by atoms with Crippen LogP contribution < -0.4 is 0 Å². The summed E-state index contributed by atoms with van der Waals surface area (Å²) < 4.78 is 0. The second kappa shape index (κ2) is 8.55. The zero-order valence-corrected chi connectivity index (χ0v) is 13.0. The molecule has 0 aromatic heterocycles. The summed E-state index contributed by atoms with van der Waals surface area (Å²) in [5.74, 6) is 1.28. The first-order chi connectivity index (χ1) is 9.56. The van der Waals surface area contributed by atoms with Gasteiger partial charge in [-0.2, -0.15) is 0 Å². The molecule has 0 saturated heterocycles. The van der Waals surface area contributed by atoms with Crippen molar-refractivity contribution in [2.24, 2.45) is 0 Å². The van der Waals surface area contributed by atoms with Gasteiger partial charge in [0.1, 0.15) is 0 Å². The Hall–Kier alpha value is -1.60. The van der Waals surface area contributed by atoms with Gasteiger partial charge in [-0.1, -0.05) is 82.3 Å². The fourth-order valence-corrected chi connectivity index (χ4v) is 2.15. The van der Waals surface area contributed by atoms with E-state index in [0.29, 0.717) is 11.8 Å². The van der Waals surface area contributed by atoms with E-state index < -0.39 is 0 Å². The number of hydrogen-bond donors (Lipinski definition) is 1. The van der Waals surface area contributed by atoms with E-state index in [4.69, 9.17) is 5.11 Å². The van der Waals surface area contributed by atoms with Gasteiger partial charge in [0.15, 0.2) is 0 Å². The molecule has 0 bridgehead atoms. The first-order valence-electron chi connectivity index (χ1n) is 7.29. The molecule has 1 N–H and O–H groups in total. The summed E-state index contributed by atoms with van der Waals surface area (Å²) in [7, 11) is 0. The molecule has 2 aromatic rings. The third kappa shape index (κ3) is 5.18. The summed E-state index contributed by atoms with van der Waals surface area (Å²) in [6.45, 7) is 9.14. The molecule has 0 unspecified atom stereocenters. The van der Waals surface area contributed by atoms with E-state index in [1.807, 2.05) is 30.3 Å². The smallest absolute Gasteiger partial charge is 0.0681 e. The molecule has 0 spiro atoms. The van der Waals surface area contributed by atoms with Crippen molar-refractivity contribution in [1.29, 1.82) is 0 Å². The average molecular weight is 270 g/mol. The highest BCUT2D eigenvalue weighted by Gasteiger charge is 2.07. The lowest BCUT2D eigenvalue weighted by atomic mass is 9.91. The molecule has 0 fully saturated rings. The highest BCUT2D eigenvalue weighted by molar-refractivity contribution is 5.31. The van der Waals surface area contributed by atoms with Crippen molar-refractivity contribution >= 4 is 0 Å². The molecule has 0 heterocycles. The van der Waals surface area contributed by atoms with Crippen LogP contribution in [0, 0.1) is 0 Å². The second-order valence-electron chi connectivity index (χ2n) is 5.58. The maximum atomic E-state index is 8.54. The van der Waals surface area contributed by atoms with Crippen molar-refractivity contribution in [3.8, 4) is 0 Å². The van der Waals surface area contributed by atoms with Crippen LogP contribution in [0.2, 0.25) is 0 Å². The number of aliphatic hydroxyl groups is 1. The lowest BCUT2D eigenvalue weighted by Crippen LogP contribution is -1.97. The molecule has 0 amide bonds. The Morgan fingerprint density at radius 1 is 0.700 bits per heavy atom. The van der Waals surface area contributed by atoms with E-state index in [0.717, 1.165) is 5.56 Å². The third-order valence-electron chi connectivity index (χ3n) is 3.27. The molecular formula is C19H26O. The van der Waals surface area contributed by atoms with Crippen molar-refractivity contribution in [2.75, 3.05) is 0 Å². The van der Waals surface area contributed by atoms with Gasteiger partial charge >= 0.3 is 0 Å². The molecule has 0 aliphatic heterocycles. The maximum absolute atomic E-state index is 8.54. The number of benzene rings is 2. The predicted octanol–water partition coefficient (Wildman–Crippen LogP) is 5.11. The van der Waals surface area contributed by atoms with E-state index in [9.17, 15) is 0 Å². The van der Waals surface area contributed by atoms with E-state index in [2.05, 4.69) is 52.0 Å². The summed E-state index contributed by atoms with van der Waals surface area (Å²) in [4.78, 5) is 0. The topological polar surface area (TPSA) is 20.2 Å². The quantitative estimate of drug-likeness (QED) is 0.821. The van der Waals surface area contributed by atoms with Crippen LogP contribution in [0.25, 0.3) is 0 Å². The summed E-state index contributed by atoms with van der Waals surface area (Å²) >= 11 is 0. The Labute approximate surface area is 123 Å². The first kappa shape index (κ1) is 16.5. The molecule has 1 heteroatoms. The van der Waals surface area contributed by atoms with E-state index in [-0.39, 0.29) is 6.61 Å². The molecule has 0 atom stereocenters. The van der Waals surface area contributed by atoms with Crippen LogP contribution in [0.4, 0.5) is 0 Å². The van der Waals surface area contributed by atoms with Gasteiger partial charge in [0.05, 0.1) is 6.61 Å². The molecule has 0 aliphatic carbocycles. The largest absolute Gasteiger partial charge is 0.392 e.